The highest BCUT2D eigenvalue weighted by Crippen LogP contribution is 2.48. The number of carboxylic acid groups (broad SMARTS) is 1. The Balaban J connectivity index is 1.53. The van der Waals surface area contributed by atoms with Crippen molar-refractivity contribution in [2.24, 2.45) is 5.92 Å². The molecule has 2 N–H and O–H groups in total. The quantitative estimate of drug-likeness (QED) is 0.534. The van der Waals surface area contributed by atoms with Gasteiger partial charge in [-0.3, -0.25) is 14.7 Å². The number of amides is 1. The van der Waals surface area contributed by atoms with E-state index >= 15 is 0 Å². The fraction of sp³-hybridized carbons (Fsp3) is 0.333. The second-order valence-corrected chi connectivity index (χ2v) is 8.35. The molecule has 3 aliphatic rings. The maximum absolute atomic E-state index is 12.4. The molecule has 2 aromatic heterocycles. The Bertz CT molecular complexity index is 974. The Kier molecular flexibility index (Phi) is 3.85. The zero-order chi connectivity index (χ0) is 18.7. The van der Waals surface area contributed by atoms with Crippen LogP contribution in [0.2, 0.25) is 0 Å². The lowest BCUT2D eigenvalue weighted by atomic mass is 9.78. The summed E-state index contributed by atoms with van der Waals surface area (Å²) in [6.45, 7) is 0.716. The van der Waals surface area contributed by atoms with Crippen molar-refractivity contribution in [3.8, 4) is 11.3 Å². The molecule has 5 rings (SSSR count). The van der Waals surface area contributed by atoms with E-state index in [1.54, 1.807) is 12.4 Å². The van der Waals surface area contributed by atoms with Gasteiger partial charge < -0.3 is 10.4 Å². The Morgan fingerprint density at radius 1 is 1.48 bits per heavy atom. The van der Waals surface area contributed by atoms with E-state index in [9.17, 15) is 14.7 Å². The lowest BCUT2D eigenvalue weighted by Gasteiger charge is -2.49. The summed E-state index contributed by atoms with van der Waals surface area (Å²) < 4.78 is 0. The molecular weight excluding hydrogens is 384 g/mol. The zero-order valence-corrected chi connectivity index (χ0v) is 15.8. The van der Waals surface area contributed by atoms with E-state index in [4.69, 9.17) is 12.6 Å². The second-order valence-electron chi connectivity index (χ2n) is 6.94. The SMILES string of the molecule is O=C(O)C1=C(C(S)c2nc(-c3cccnc3)cs2)C[C@@H]2CN[C@@H]3C(=O)N1[C@H]23. The maximum Gasteiger partial charge on any atom is 0.352 e. The van der Waals surface area contributed by atoms with Gasteiger partial charge in [0.15, 0.2) is 0 Å². The van der Waals surface area contributed by atoms with Gasteiger partial charge in [0.25, 0.3) is 0 Å². The van der Waals surface area contributed by atoms with Crippen molar-refractivity contribution >= 4 is 35.8 Å². The minimum atomic E-state index is -1.08. The molecule has 0 bridgehead atoms. The first-order valence-electron chi connectivity index (χ1n) is 8.63. The third-order valence-electron chi connectivity index (χ3n) is 5.50. The lowest BCUT2D eigenvalue weighted by molar-refractivity contribution is -0.153. The predicted molar refractivity (Wildman–Crippen MR) is 102 cm³/mol. The molecule has 7 nitrogen and oxygen atoms in total. The summed E-state index contributed by atoms with van der Waals surface area (Å²) in [6.07, 6.45) is 4.05. The molecule has 1 amide bonds. The highest BCUT2D eigenvalue weighted by atomic mass is 32.1. The van der Waals surface area contributed by atoms with Gasteiger partial charge in [-0.2, -0.15) is 12.6 Å². The Morgan fingerprint density at radius 3 is 3.07 bits per heavy atom. The third kappa shape index (κ3) is 2.45. The van der Waals surface area contributed by atoms with Crippen LogP contribution in [-0.2, 0) is 9.59 Å². The fourth-order valence-corrected chi connectivity index (χ4v) is 5.59. The van der Waals surface area contributed by atoms with E-state index in [0.29, 0.717) is 18.5 Å². The van der Waals surface area contributed by atoms with E-state index in [2.05, 4.69) is 15.3 Å². The molecule has 0 aliphatic carbocycles. The molecular formula is C18H16N4O3S2. The summed E-state index contributed by atoms with van der Waals surface area (Å²) >= 11 is 6.15. The molecule has 0 radical (unpaired) electrons. The monoisotopic (exact) mass is 400 g/mol. The summed E-state index contributed by atoms with van der Waals surface area (Å²) in [5.74, 6) is -1.02. The number of hydrogen-bond acceptors (Lipinski definition) is 7. The lowest BCUT2D eigenvalue weighted by Crippen LogP contribution is -2.68. The van der Waals surface area contributed by atoms with Crippen LogP contribution in [0, 0.1) is 5.92 Å². The van der Waals surface area contributed by atoms with Crippen LogP contribution in [0.25, 0.3) is 11.3 Å². The third-order valence-corrected chi connectivity index (χ3v) is 7.14. The Labute approximate surface area is 164 Å². The van der Waals surface area contributed by atoms with Crippen molar-refractivity contribution in [2.45, 2.75) is 23.8 Å². The number of carboxylic acids is 1. The van der Waals surface area contributed by atoms with Crippen LogP contribution in [0.5, 0.6) is 0 Å². The predicted octanol–water partition coefficient (Wildman–Crippen LogP) is 1.72. The van der Waals surface area contributed by atoms with Crippen molar-refractivity contribution < 1.29 is 14.7 Å². The van der Waals surface area contributed by atoms with E-state index in [0.717, 1.165) is 16.3 Å². The van der Waals surface area contributed by atoms with Crippen LogP contribution in [0.15, 0.2) is 41.2 Å². The van der Waals surface area contributed by atoms with Gasteiger partial charge in [0.1, 0.15) is 16.7 Å². The van der Waals surface area contributed by atoms with Gasteiger partial charge in [-0.15, -0.1) is 11.3 Å². The van der Waals surface area contributed by atoms with Crippen LogP contribution >= 0.6 is 24.0 Å². The number of carbonyl (C=O) groups excluding carboxylic acids is 1. The minimum Gasteiger partial charge on any atom is -0.477 e. The summed E-state index contributed by atoms with van der Waals surface area (Å²) in [5, 5.41) is 15.2. The average Bonchev–Trinajstić information content (AvgIpc) is 3.32. The number of nitrogens with zero attached hydrogens (tertiary/aromatic N) is 3. The summed E-state index contributed by atoms with van der Waals surface area (Å²) in [4.78, 5) is 34.6. The fourth-order valence-electron chi connectivity index (χ4n) is 4.28. The number of carbonyl (C=O) groups is 2. The maximum atomic E-state index is 12.4. The number of aromatic nitrogens is 2. The van der Waals surface area contributed by atoms with Crippen molar-refractivity contribution in [3.63, 3.8) is 0 Å². The first-order valence-corrected chi connectivity index (χ1v) is 10.0. The van der Waals surface area contributed by atoms with Gasteiger partial charge in [0, 0.05) is 29.9 Å². The number of hydrogen-bond donors (Lipinski definition) is 3. The molecule has 5 heterocycles. The number of aliphatic carboxylic acids is 1. The molecule has 2 aromatic rings. The molecule has 9 heteroatoms. The average molecular weight is 400 g/mol. The largest absolute Gasteiger partial charge is 0.477 e. The normalized spacial score (nSPS) is 27.4. The van der Waals surface area contributed by atoms with Gasteiger partial charge >= 0.3 is 5.97 Å². The standard InChI is InChI=1S/C18H16N4O3S2/c23-17-12-13-9(6-20-12)4-10(14(18(24)25)22(13)17)15(26)16-21-11(7-27-16)8-2-1-3-19-5-8/h1-3,5,7,9,12-13,15,20,26H,4,6H2,(H,24,25)/t9-,12+,13-,15?/m1/s1. The van der Waals surface area contributed by atoms with E-state index in [-0.39, 0.29) is 29.6 Å². The Morgan fingerprint density at radius 2 is 2.33 bits per heavy atom. The number of thiol groups is 1. The summed E-state index contributed by atoms with van der Waals surface area (Å²) in [6, 6.07) is 3.49. The summed E-state index contributed by atoms with van der Waals surface area (Å²) in [7, 11) is 0. The van der Waals surface area contributed by atoms with Gasteiger partial charge in [-0.1, -0.05) is 0 Å². The van der Waals surface area contributed by atoms with Crippen molar-refractivity contribution in [3.05, 3.63) is 46.2 Å². The van der Waals surface area contributed by atoms with Crippen molar-refractivity contribution in [2.75, 3.05) is 6.54 Å². The van der Waals surface area contributed by atoms with Crippen LogP contribution in [0.1, 0.15) is 16.7 Å². The number of pyridine rings is 1. The molecule has 1 unspecified atom stereocenters. The molecule has 0 spiro atoms. The van der Waals surface area contributed by atoms with Crippen LogP contribution < -0.4 is 5.32 Å². The first-order chi connectivity index (χ1) is 13.1. The minimum absolute atomic E-state index is 0.0462. The van der Waals surface area contributed by atoms with Gasteiger partial charge in [-0.05, 0) is 30.0 Å². The molecule has 2 fully saturated rings. The van der Waals surface area contributed by atoms with Gasteiger partial charge in [-0.25, -0.2) is 9.78 Å². The first kappa shape index (κ1) is 16.9. The van der Waals surface area contributed by atoms with Crippen molar-refractivity contribution in [1.82, 2.24) is 20.2 Å². The molecule has 0 aromatic carbocycles. The molecule has 138 valence electrons. The second kappa shape index (κ2) is 6.15. The van der Waals surface area contributed by atoms with Crippen molar-refractivity contribution in [1.29, 1.82) is 0 Å². The van der Waals surface area contributed by atoms with Gasteiger partial charge in [0.2, 0.25) is 5.91 Å². The van der Waals surface area contributed by atoms with Gasteiger partial charge in [0.05, 0.1) is 17.0 Å². The van der Waals surface area contributed by atoms with E-state index in [1.807, 2.05) is 17.5 Å². The van der Waals surface area contributed by atoms with E-state index in [1.165, 1.54) is 16.2 Å². The number of nitrogens with one attached hydrogen (secondary N) is 1. The molecule has 4 atom stereocenters. The highest BCUT2D eigenvalue weighted by molar-refractivity contribution is 7.81. The number of β-lactam (4-membered cyclic amide) rings is 1. The van der Waals surface area contributed by atoms with Crippen LogP contribution in [0.4, 0.5) is 0 Å². The topological polar surface area (TPSA) is 95.4 Å². The van der Waals surface area contributed by atoms with Crippen LogP contribution in [0.3, 0.4) is 0 Å². The molecule has 2 saturated heterocycles. The summed E-state index contributed by atoms with van der Waals surface area (Å²) in [5.41, 5.74) is 2.43. The van der Waals surface area contributed by atoms with Crippen LogP contribution in [-0.4, -0.2) is 50.5 Å². The smallest absolute Gasteiger partial charge is 0.352 e. The Hall–Kier alpha value is -2.23. The van der Waals surface area contributed by atoms with E-state index < -0.39 is 11.2 Å². The zero-order valence-electron chi connectivity index (χ0n) is 14.1. The molecule has 27 heavy (non-hydrogen) atoms. The highest BCUT2D eigenvalue weighted by Gasteiger charge is 2.60. The molecule has 0 saturated carbocycles. The number of thiazole rings is 1. The molecule has 3 aliphatic heterocycles. The number of rotatable bonds is 4.